The molecule has 0 heterocycles. The van der Waals surface area contributed by atoms with E-state index in [1.165, 1.54) is 43.9 Å². The van der Waals surface area contributed by atoms with Gasteiger partial charge in [-0.1, -0.05) is 19.6 Å². The van der Waals surface area contributed by atoms with Crippen molar-refractivity contribution in [2.75, 3.05) is 52.8 Å². The molecule has 0 bridgehead atoms. The van der Waals surface area contributed by atoms with E-state index in [0.29, 0.717) is 0 Å². The van der Waals surface area contributed by atoms with Gasteiger partial charge in [0.15, 0.2) is 0 Å². The monoisotopic (exact) mass is 589 g/mol. The molecule has 3 atom stereocenters. The molecule has 0 unspecified atom stereocenters. The summed E-state index contributed by atoms with van der Waals surface area (Å²) in [5, 5.41) is 13.5. The Morgan fingerprint density at radius 2 is 1.62 bits per heavy atom. The van der Waals surface area contributed by atoms with Crippen LogP contribution in [-0.4, -0.2) is 132 Å². The zero-order valence-corrected chi connectivity index (χ0v) is 25.3. The van der Waals surface area contributed by atoms with Crippen LogP contribution in [0.4, 0.5) is 9.59 Å². The van der Waals surface area contributed by atoms with E-state index < -0.39 is 66.1 Å². The van der Waals surface area contributed by atoms with Gasteiger partial charge in [-0.05, 0) is 33.4 Å². The van der Waals surface area contributed by atoms with Gasteiger partial charge >= 0.3 is 18.2 Å². The predicted octanol–water partition coefficient (Wildman–Crippen LogP) is 0.762. The number of nitrogens with one attached hydrogen (secondary N) is 2. The molecule has 0 radical (unpaired) electrons. The number of amides is 5. The van der Waals surface area contributed by atoms with Gasteiger partial charge in [-0.2, -0.15) is 11.8 Å². The molecule has 0 saturated heterocycles. The van der Waals surface area contributed by atoms with Gasteiger partial charge in [-0.3, -0.25) is 24.1 Å². The fourth-order valence-corrected chi connectivity index (χ4v) is 4.10. The molecule has 3 N–H and O–H groups in total. The quantitative estimate of drug-likeness (QED) is 0.231. The molecule has 0 aliphatic rings. The standard InChI is InChI=1S/C25H43N5O9S/c1-10-12-38-24(37)30(8)17(11-2)22(35)29(7)18(15-40-9)21(34)28(6)14-16(20(33)26-13-19(31)32)27-23(36)39-25(3,4)5/h10,16-18H,1,11-15H2,2-9H3,(H,26,33)(H,27,36)(H,31,32)/t16-,17+,18+/m1/s1. The first-order chi connectivity index (χ1) is 18.5. The van der Waals surface area contributed by atoms with E-state index in [9.17, 15) is 28.8 Å². The molecule has 5 amide bonds. The van der Waals surface area contributed by atoms with E-state index in [0.717, 1.165) is 9.80 Å². The minimum Gasteiger partial charge on any atom is -0.480 e. The summed E-state index contributed by atoms with van der Waals surface area (Å²) in [6, 6.07) is -3.25. The normalized spacial score (nSPS) is 13.1. The van der Waals surface area contributed by atoms with Gasteiger partial charge in [0.2, 0.25) is 17.7 Å². The molecule has 14 nitrogen and oxygen atoms in total. The van der Waals surface area contributed by atoms with Crippen molar-refractivity contribution in [3.63, 3.8) is 0 Å². The summed E-state index contributed by atoms with van der Waals surface area (Å²) in [4.78, 5) is 78.7. The SMILES string of the molecule is C=CCOC(=O)N(C)[C@@H](CC)C(=O)N(C)[C@@H](CSC)C(=O)N(C)C[C@@H](NC(=O)OC(C)(C)C)C(=O)NCC(=O)O. The number of aliphatic carboxylic acids is 1. The number of ether oxygens (including phenoxy) is 2. The zero-order valence-electron chi connectivity index (χ0n) is 24.5. The highest BCUT2D eigenvalue weighted by Gasteiger charge is 2.36. The van der Waals surface area contributed by atoms with Crippen molar-refractivity contribution in [3.8, 4) is 0 Å². The van der Waals surface area contributed by atoms with Crippen LogP contribution >= 0.6 is 11.8 Å². The minimum atomic E-state index is -1.35. The van der Waals surface area contributed by atoms with E-state index in [4.69, 9.17) is 14.6 Å². The van der Waals surface area contributed by atoms with Gasteiger partial charge in [0.25, 0.3) is 0 Å². The average molecular weight is 590 g/mol. The average Bonchev–Trinajstić information content (AvgIpc) is 2.86. The van der Waals surface area contributed by atoms with E-state index in [-0.39, 0.29) is 25.3 Å². The van der Waals surface area contributed by atoms with Crippen molar-refractivity contribution in [1.82, 2.24) is 25.3 Å². The van der Waals surface area contributed by atoms with Crippen molar-refractivity contribution in [2.24, 2.45) is 0 Å². The highest BCUT2D eigenvalue weighted by Crippen LogP contribution is 2.15. The Kier molecular flexibility index (Phi) is 15.7. The number of rotatable bonds is 15. The Morgan fingerprint density at radius 3 is 2.10 bits per heavy atom. The molecule has 0 rings (SSSR count). The molecular formula is C25H43N5O9S. The van der Waals surface area contributed by atoms with Gasteiger partial charge in [-0.25, -0.2) is 9.59 Å². The third kappa shape index (κ3) is 12.6. The molecule has 0 fully saturated rings. The lowest BCUT2D eigenvalue weighted by Crippen LogP contribution is -2.58. The number of carboxylic acids is 1. The van der Waals surface area contributed by atoms with E-state index in [1.807, 2.05) is 0 Å². The summed E-state index contributed by atoms with van der Waals surface area (Å²) in [5.74, 6) is -2.98. The van der Waals surface area contributed by atoms with E-state index in [1.54, 1.807) is 34.0 Å². The zero-order chi connectivity index (χ0) is 31.2. The third-order valence-electron chi connectivity index (χ3n) is 5.43. The first kappa shape index (κ1) is 36.5. The topological polar surface area (TPSA) is 175 Å². The smallest absolute Gasteiger partial charge is 0.410 e. The Morgan fingerprint density at radius 1 is 1.02 bits per heavy atom. The summed E-state index contributed by atoms with van der Waals surface area (Å²) < 4.78 is 10.2. The van der Waals surface area contributed by atoms with Crippen molar-refractivity contribution < 1.29 is 43.3 Å². The van der Waals surface area contributed by atoms with Crippen molar-refractivity contribution in [1.29, 1.82) is 0 Å². The lowest BCUT2D eigenvalue weighted by molar-refractivity contribution is -0.146. The molecule has 0 aliphatic heterocycles. The highest BCUT2D eigenvalue weighted by molar-refractivity contribution is 7.98. The highest BCUT2D eigenvalue weighted by atomic mass is 32.2. The molecule has 0 aromatic carbocycles. The van der Waals surface area contributed by atoms with Crippen LogP contribution in [0.3, 0.4) is 0 Å². The lowest BCUT2D eigenvalue weighted by atomic mass is 10.1. The van der Waals surface area contributed by atoms with Crippen LogP contribution < -0.4 is 10.6 Å². The number of carbonyl (C=O) groups is 6. The molecule has 0 spiro atoms. The van der Waals surface area contributed by atoms with E-state index in [2.05, 4.69) is 17.2 Å². The van der Waals surface area contributed by atoms with Gasteiger partial charge in [-0.15, -0.1) is 0 Å². The number of hydrogen-bond donors (Lipinski definition) is 3. The maximum Gasteiger partial charge on any atom is 0.410 e. The van der Waals surface area contributed by atoms with Crippen LogP contribution in [0.2, 0.25) is 0 Å². The summed E-state index contributed by atoms with van der Waals surface area (Å²) in [6.07, 6.45) is 1.75. The number of hydrogen-bond acceptors (Lipinski definition) is 9. The minimum absolute atomic E-state index is 0.0272. The molecule has 228 valence electrons. The number of thioether (sulfide) groups is 1. The molecule has 0 aromatic heterocycles. The first-order valence-electron chi connectivity index (χ1n) is 12.5. The number of carboxylic acid groups (broad SMARTS) is 1. The number of carbonyl (C=O) groups excluding carboxylic acids is 5. The van der Waals surface area contributed by atoms with Crippen LogP contribution in [0, 0.1) is 0 Å². The summed E-state index contributed by atoms with van der Waals surface area (Å²) >= 11 is 1.31. The predicted molar refractivity (Wildman–Crippen MR) is 150 cm³/mol. The van der Waals surface area contributed by atoms with Crippen LogP contribution in [-0.2, 0) is 28.7 Å². The summed E-state index contributed by atoms with van der Waals surface area (Å²) in [6.45, 7) is 9.01. The van der Waals surface area contributed by atoms with Crippen molar-refractivity contribution in [2.45, 2.75) is 57.8 Å². The lowest BCUT2D eigenvalue weighted by Gasteiger charge is -2.35. The number of likely N-dealkylation sites (N-methyl/N-ethyl adjacent to an activating group) is 3. The molecular weight excluding hydrogens is 546 g/mol. The van der Waals surface area contributed by atoms with Gasteiger partial charge in [0.1, 0.15) is 36.9 Å². The fraction of sp³-hybridized carbons (Fsp3) is 0.680. The number of nitrogens with zero attached hydrogens (tertiary/aromatic N) is 3. The van der Waals surface area contributed by atoms with Crippen LogP contribution in [0.15, 0.2) is 12.7 Å². The largest absolute Gasteiger partial charge is 0.480 e. The van der Waals surface area contributed by atoms with Crippen molar-refractivity contribution >= 4 is 47.6 Å². The second-order valence-electron chi connectivity index (χ2n) is 9.85. The Balaban J connectivity index is 5.86. The Bertz CT molecular complexity index is 925. The van der Waals surface area contributed by atoms with Crippen LogP contribution in [0.25, 0.3) is 0 Å². The summed E-state index contributed by atoms with van der Waals surface area (Å²) in [7, 11) is 4.25. The van der Waals surface area contributed by atoms with Crippen molar-refractivity contribution in [3.05, 3.63) is 12.7 Å². The fourth-order valence-electron chi connectivity index (χ4n) is 3.42. The third-order valence-corrected chi connectivity index (χ3v) is 6.08. The molecule has 0 aliphatic carbocycles. The van der Waals surface area contributed by atoms with Gasteiger partial charge < -0.3 is 35.0 Å². The maximum absolute atomic E-state index is 13.5. The molecule has 0 aromatic rings. The Hall–Kier alpha value is -3.49. The Labute approximate surface area is 239 Å². The first-order valence-corrected chi connectivity index (χ1v) is 13.9. The number of alkyl carbamates (subject to hydrolysis) is 1. The molecule has 0 saturated carbocycles. The molecule has 15 heteroatoms. The second-order valence-corrected chi connectivity index (χ2v) is 10.8. The molecule has 40 heavy (non-hydrogen) atoms. The van der Waals surface area contributed by atoms with Crippen LogP contribution in [0.5, 0.6) is 0 Å². The van der Waals surface area contributed by atoms with Crippen LogP contribution in [0.1, 0.15) is 34.1 Å². The maximum atomic E-state index is 13.5. The summed E-state index contributed by atoms with van der Waals surface area (Å²) in [5.41, 5.74) is -0.874. The van der Waals surface area contributed by atoms with E-state index >= 15 is 0 Å². The van der Waals surface area contributed by atoms with Gasteiger partial charge in [0, 0.05) is 33.4 Å². The van der Waals surface area contributed by atoms with Gasteiger partial charge in [0.05, 0.1) is 0 Å². The second kappa shape index (κ2) is 17.3.